The molecule has 3 heteroatoms. The molecule has 0 aliphatic rings. The van der Waals surface area contributed by atoms with E-state index in [0.717, 1.165) is 11.9 Å². The summed E-state index contributed by atoms with van der Waals surface area (Å²) in [6, 6.07) is 0. The number of rotatable bonds is 7. The lowest BCUT2D eigenvalue weighted by Crippen LogP contribution is -2.44. The average molecular weight is 299 g/mol. The summed E-state index contributed by atoms with van der Waals surface area (Å²) < 4.78 is 6.24. The summed E-state index contributed by atoms with van der Waals surface area (Å²) in [5.41, 5.74) is 0.991. The molecule has 0 aromatic carbocycles. The van der Waals surface area contributed by atoms with Gasteiger partial charge in [0.25, 0.3) is 0 Å². The highest BCUT2D eigenvalue weighted by molar-refractivity contribution is 6.74. The Bertz CT molecular complexity index is 350. The maximum Gasteiger partial charge on any atom is 0.192 e. The minimum Gasteiger partial charge on any atom is -0.416 e. The third kappa shape index (κ3) is 4.56. The van der Waals surface area contributed by atoms with E-state index in [1.165, 1.54) is 0 Å². The van der Waals surface area contributed by atoms with Gasteiger partial charge in [-0.2, -0.15) is 0 Å². The highest BCUT2D eigenvalue weighted by Crippen LogP contribution is 2.41. The second kappa shape index (κ2) is 6.57. The lowest BCUT2D eigenvalue weighted by Gasteiger charge is -2.41. The third-order valence-electron chi connectivity index (χ3n) is 5.41. The van der Waals surface area contributed by atoms with Crippen molar-refractivity contribution in [3.63, 3.8) is 0 Å². The molecule has 0 N–H and O–H groups in total. The molecule has 2 unspecified atom stereocenters. The van der Waals surface area contributed by atoms with Crippen molar-refractivity contribution in [2.75, 3.05) is 6.61 Å². The lowest BCUT2D eigenvalue weighted by molar-refractivity contribution is -0.116. The van der Waals surface area contributed by atoms with Crippen LogP contribution in [0, 0.1) is 17.3 Å². The molecule has 0 heterocycles. The fraction of sp³-hybridized carbons (Fsp3) is 0.824. The number of allylic oxidation sites excluding steroid dienone is 1. The molecule has 0 rings (SSSR count). The molecule has 2 nitrogen and oxygen atoms in total. The van der Waals surface area contributed by atoms with Crippen LogP contribution < -0.4 is 0 Å². The van der Waals surface area contributed by atoms with Crippen molar-refractivity contribution in [3.05, 3.63) is 12.2 Å². The van der Waals surface area contributed by atoms with E-state index in [9.17, 15) is 4.79 Å². The molecule has 0 saturated carbocycles. The smallest absolute Gasteiger partial charge is 0.192 e. The van der Waals surface area contributed by atoms with Gasteiger partial charge in [0.15, 0.2) is 8.32 Å². The summed E-state index contributed by atoms with van der Waals surface area (Å²) in [6.07, 6.45) is 1.06. The van der Waals surface area contributed by atoms with Gasteiger partial charge < -0.3 is 9.22 Å². The summed E-state index contributed by atoms with van der Waals surface area (Å²) in [5.74, 6) is 0.198. The molecule has 0 aliphatic carbocycles. The first-order valence-electron chi connectivity index (χ1n) is 7.52. The fourth-order valence-electron chi connectivity index (χ4n) is 1.90. The molecule has 0 aromatic heterocycles. The Morgan fingerprint density at radius 1 is 1.25 bits per heavy atom. The van der Waals surface area contributed by atoms with Crippen LogP contribution in [0.4, 0.5) is 0 Å². The van der Waals surface area contributed by atoms with Gasteiger partial charge in [-0.3, -0.25) is 0 Å². The van der Waals surface area contributed by atoms with Crippen molar-refractivity contribution in [2.45, 2.75) is 66.6 Å². The normalized spacial score (nSPS) is 16.6. The summed E-state index contributed by atoms with van der Waals surface area (Å²) in [6.45, 7) is 24.1. The van der Waals surface area contributed by atoms with Gasteiger partial charge in [0.05, 0.1) is 0 Å². The SMILES string of the molecule is C=C(C)C(C)C(C)(C)C(C=O)CO[Si](C)(C)C(C)(C)C. The van der Waals surface area contributed by atoms with Crippen LogP contribution in [0.3, 0.4) is 0 Å². The molecule has 0 saturated heterocycles. The van der Waals surface area contributed by atoms with Gasteiger partial charge >= 0.3 is 0 Å². The molecule has 0 fully saturated rings. The van der Waals surface area contributed by atoms with E-state index in [1.807, 2.05) is 6.92 Å². The molecule has 118 valence electrons. The highest BCUT2D eigenvalue weighted by Gasteiger charge is 2.40. The van der Waals surface area contributed by atoms with E-state index in [-0.39, 0.29) is 16.4 Å². The molecule has 0 radical (unpaired) electrons. The Morgan fingerprint density at radius 2 is 1.70 bits per heavy atom. The minimum absolute atomic E-state index is 0.0941. The minimum atomic E-state index is -1.81. The van der Waals surface area contributed by atoms with Crippen LogP contribution in [0.5, 0.6) is 0 Å². The first-order valence-corrected chi connectivity index (χ1v) is 10.4. The molecule has 0 bridgehead atoms. The third-order valence-corrected chi connectivity index (χ3v) is 9.91. The first kappa shape index (κ1) is 19.6. The summed E-state index contributed by atoms with van der Waals surface area (Å²) in [4.78, 5) is 11.6. The van der Waals surface area contributed by atoms with E-state index in [1.54, 1.807) is 0 Å². The molecule has 0 spiro atoms. The zero-order valence-electron chi connectivity index (χ0n) is 15.0. The summed E-state index contributed by atoms with van der Waals surface area (Å²) in [5, 5.41) is 0.171. The predicted molar refractivity (Wildman–Crippen MR) is 90.5 cm³/mol. The Hall–Kier alpha value is -0.413. The maximum atomic E-state index is 11.6. The highest BCUT2D eigenvalue weighted by atomic mass is 28.4. The molecule has 2 atom stereocenters. The second-order valence-corrected chi connectivity index (χ2v) is 13.0. The van der Waals surface area contributed by atoms with Gasteiger partial charge in [-0.05, 0) is 36.4 Å². The topological polar surface area (TPSA) is 26.3 Å². The Balaban J connectivity index is 4.98. The summed E-state index contributed by atoms with van der Waals surface area (Å²) >= 11 is 0. The van der Waals surface area contributed by atoms with Crippen LogP contribution in [-0.2, 0) is 9.22 Å². The van der Waals surface area contributed by atoms with Crippen LogP contribution in [-0.4, -0.2) is 21.2 Å². The van der Waals surface area contributed by atoms with E-state index >= 15 is 0 Å². The number of aldehydes is 1. The largest absolute Gasteiger partial charge is 0.416 e. The number of carbonyl (C=O) groups is 1. The van der Waals surface area contributed by atoms with E-state index in [0.29, 0.717) is 12.5 Å². The molecular weight excluding hydrogens is 264 g/mol. The lowest BCUT2D eigenvalue weighted by atomic mass is 9.68. The van der Waals surface area contributed by atoms with Crippen LogP contribution >= 0.6 is 0 Å². The first-order chi connectivity index (χ1) is 8.77. The Labute approximate surface area is 127 Å². The molecule has 0 aliphatic heterocycles. The van der Waals surface area contributed by atoms with Gasteiger partial charge in [0, 0.05) is 12.5 Å². The van der Waals surface area contributed by atoms with Gasteiger partial charge in [0.2, 0.25) is 0 Å². The monoisotopic (exact) mass is 298 g/mol. The van der Waals surface area contributed by atoms with E-state index in [2.05, 4.69) is 61.2 Å². The average Bonchev–Trinajstić information content (AvgIpc) is 2.26. The molecule has 20 heavy (non-hydrogen) atoms. The zero-order valence-corrected chi connectivity index (χ0v) is 16.0. The van der Waals surface area contributed by atoms with Crippen LogP contribution in [0.1, 0.15) is 48.5 Å². The van der Waals surface area contributed by atoms with Crippen molar-refractivity contribution < 1.29 is 9.22 Å². The standard InChI is InChI=1S/C17H34O2Si/c1-13(2)14(3)17(7,8)15(11-18)12-19-20(9,10)16(4,5)6/h11,14-15H,1,12H2,2-10H3. The van der Waals surface area contributed by atoms with Crippen LogP contribution in [0.15, 0.2) is 12.2 Å². The van der Waals surface area contributed by atoms with E-state index in [4.69, 9.17) is 4.43 Å². The number of carbonyl (C=O) groups excluding carboxylic acids is 1. The van der Waals surface area contributed by atoms with Crippen molar-refractivity contribution in [1.29, 1.82) is 0 Å². The number of hydrogen-bond acceptors (Lipinski definition) is 2. The number of hydrogen-bond donors (Lipinski definition) is 0. The molecule has 0 aromatic rings. The van der Waals surface area contributed by atoms with Gasteiger partial charge in [0.1, 0.15) is 6.29 Å². The second-order valence-electron chi connectivity index (χ2n) is 8.20. The van der Waals surface area contributed by atoms with Gasteiger partial charge in [-0.15, -0.1) is 0 Å². The van der Waals surface area contributed by atoms with E-state index < -0.39 is 8.32 Å². The molecule has 0 amide bonds. The zero-order chi connectivity index (χ0) is 16.4. The summed E-state index contributed by atoms with van der Waals surface area (Å²) in [7, 11) is -1.81. The van der Waals surface area contributed by atoms with Gasteiger partial charge in [-0.25, -0.2) is 0 Å². The van der Waals surface area contributed by atoms with Crippen molar-refractivity contribution in [3.8, 4) is 0 Å². The van der Waals surface area contributed by atoms with Crippen molar-refractivity contribution in [2.24, 2.45) is 17.3 Å². The van der Waals surface area contributed by atoms with Gasteiger partial charge in [-0.1, -0.05) is 53.7 Å². The van der Waals surface area contributed by atoms with Crippen LogP contribution in [0.2, 0.25) is 18.1 Å². The predicted octanol–water partition coefficient (Wildman–Crippen LogP) is 5.06. The quantitative estimate of drug-likeness (QED) is 0.373. The maximum absolute atomic E-state index is 11.6. The van der Waals surface area contributed by atoms with Crippen LogP contribution in [0.25, 0.3) is 0 Å². The Morgan fingerprint density at radius 3 is 2.00 bits per heavy atom. The Kier molecular flexibility index (Phi) is 6.43. The fourth-order valence-corrected chi connectivity index (χ4v) is 2.93. The van der Waals surface area contributed by atoms with Crippen molar-refractivity contribution >= 4 is 14.6 Å². The van der Waals surface area contributed by atoms with Crippen molar-refractivity contribution in [1.82, 2.24) is 0 Å². The molecular formula is C17H34O2Si.